The number of anilines is 1. The van der Waals surface area contributed by atoms with Crippen LogP contribution in [0.3, 0.4) is 0 Å². The maximum Gasteiger partial charge on any atom is 0.414 e. The lowest BCUT2D eigenvalue weighted by Gasteiger charge is -2.23. The van der Waals surface area contributed by atoms with Gasteiger partial charge in [0.25, 0.3) is 0 Å². The molecule has 1 aromatic carbocycles. The quantitative estimate of drug-likeness (QED) is 0.851. The minimum atomic E-state index is -0.715. The lowest BCUT2D eigenvalue weighted by Crippen LogP contribution is -2.34. The van der Waals surface area contributed by atoms with Crippen LogP contribution in [0, 0.1) is 0 Å². The van der Waals surface area contributed by atoms with E-state index < -0.39 is 12.1 Å². The van der Waals surface area contributed by atoms with Gasteiger partial charge in [0.15, 0.2) is 0 Å². The number of para-hydroxylation sites is 1. The van der Waals surface area contributed by atoms with Gasteiger partial charge < -0.3 is 9.03 Å². The van der Waals surface area contributed by atoms with Crippen LogP contribution in [0.25, 0.3) is 0 Å². The van der Waals surface area contributed by atoms with Gasteiger partial charge in [-0.05, 0) is 32.9 Å². The summed E-state index contributed by atoms with van der Waals surface area (Å²) in [6.45, 7) is 5.65. The largest absolute Gasteiger partial charge is 0.446 e. The Hall–Kier alpha value is -1.75. The van der Waals surface area contributed by atoms with Gasteiger partial charge in [-0.25, -0.2) is 9.59 Å². The first-order chi connectivity index (χ1) is 9.01. The van der Waals surface area contributed by atoms with Crippen molar-refractivity contribution in [2.45, 2.75) is 26.9 Å². The molecule has 0 N–H and O–H groups in total. The van der Waals surface area contributed by atoms with Crippen molar-refractivity contribution >= 4 is 29.6 Å². The van der Waals surface area contributed by atoms with Crippen LogP contribution in [0.5, 0.6) is 0 Å². The number of amides is 1. The minimum Gasteiger partial charge on any atom is -0.446 e. The SMILES string of the molecule is CCN(C(=O)OC(C)C)c1ccccc1C(=O)OCl. The molecule has 1 amide bonds. The highest BCUT2D eigenvalue weighted by atomic mass is 35.5. The molecule has 0 heterocycles. The zero-order valence-electron chi connectivity index (χ0n) is 11.1. The number of benzene rings is 1. The Morgan fingerprint density at radius 2 is 1.95 bits per heavy atom. The number of nitrogens with zero attached hydrogens (tertiary/aromatic N) is 1. The smallest absolute Gasteiger partial charge is 0.414 e. The highest BCUT2D eigenvalue weighted by Gasteiger charge is 2.22. The van der Waals surface area contributed by atoms with Crippen LogP contribution in [-0.2, 0) is 9.03 Å². The molecule has 19 heavy (non-hydrogen) atoms. The Balaban J connectivity index is 3.11. The van der Waals surface area contributed by atoms with Crippen LogP contribution < -0.4 is 4.90 Å². The van der Waals surface area contributed by atoms with Crippen LogP contribution in [0.15, 0.2) is 24.3 Å². The van der Waals surface area contributed by atoms with Gasteiger partial charge in [-0.3, -0.25) is 4.90 Å². The summed E-state index contributed by atoms with van der Waals surface area (Å²) in [5.74, 6) is -0.715. The van der Waals surface area contributed by atoms with E-state index in [9.17, 15) is 9.59 Å². The van der Waals surface area contributed by atoms with E-state index in [0.717, 1.165) is 0 Å². The fourth-order valence-corrected chi connectivity index (χ4v) is 1.67. The summed E-state index contributed by atoms with van der Waals surface area (Å²) in [6, 6.07) is 6.54. The molecule has 0 atom stereocenters. The molecule has 1 rings (SSSR count). The number of carbonyl (C=O) groups is 2. The number of hydrogen-bond acceptors (Lipinski definition) is 4. The van der Waals surface area contributed by atoms with Crippen molar-refractivity contribution in [1.29, 1.82) is 0 Å². The molecule has 0 aliphatic heterocycles. The average molecular weight is 286 g/mol. The number of rotatable bonds is 4. The molecule has 104 valence electrons. The Kier molecular flexibility index (Phi) is 5.63. The predicted octanol–water partition coefficient (Wildman–Crippen LogP) is 3.37. The Morgan fingerprint density at radius 3 is 2.47 bits per heavy atom. The lowest BCUT2D eigenvalue weighted by molar-refractivity contribution is 0.0752. The molecule has 5 nitrogen and oxygen atoms in total. The fourth-order valence-electron chi connectivity index (χ4n) is 1.59. The van der Waals surface area contributed by atoms with Crippen LogP contribution >= 0.6 is 11.9 Å². The van der Waals surface area contributed by atoms with E-state index in [2.05, 4.69) is 4.29 Å². The van der Waals surface area contributed by atoms with E-state index in [-0.39, 0.29) is 11.7 Å². The van der Waals surface area contributed by atoms with Crippen molar-refractivity contribution in [3.8, 4) is 0 Å². The first-order valence-corrected chi connectivity index (χ1v) is 6.22. The van der Waals surface area contributed by atoms with E-state index in [4.69, 9.17) is 16.6 Å². The number of hydrogen-bond donors (Lipinski definition) is 0. The lowest BCUT2D eigenvalue weighted by atomic mass is 10.1. The second kappa shape index (κ2) is 6.99. The number of ether oxygens (including phenoxy) is 1. The summed E-state index contributed by atoms with van der Waals surface area (Å²) in [5, 5.41) is 0. The first-order valence-electron chi connectivity index (χ1n) is 5.91. The molecule has 0 fully saturated rings. The summed E-state index contributed by atoms with van der Waals surface area (Å²) >= 11 is 5.09. The standard InChI is InChI=1S/C13H16ClNO4/c1-4-15(13(17)18-9(2)3)11-8-6-5-7-10(11)12(16)19-14/h5-9H,4H2,1-3H3. The van der Waals surface area contributed by atoms with Crippen molar-refractivity contribution < 1.29 is 18.6 Å². The maximum absolute atomic E-state index is 12.0. The van der Waals surface area contributed by atoms with E-state index in [1.807, 2.05) is 0 Å². The van der Waals surface area contributed by atoms with Crippen LogP contribution in [0.4, 0.5) is 10.5 Å². The molecule has 0 aromatic heterocycles. The van der Waals surface area contributed by atoms with E-state index in [1.165, 1.54) is 11.0 Å². The fraction of sp³-hybridized carbons (Fsp3) is 0.385. The van der Waals surface area contributed by atoms with Crippen molar-refractivity contribution in [1.82, 2.24) is 0 Å². The first kappa shape index (κ1) is 15.3. The van der Waals surface area contributed by atoms with Gasteiger partial charge in [0.05, 0.1) is 17.4 Å². The van der Waals surface area contributed by atoms with E-state index >= 15 is 0 Å². The van der Waals surface area contributed by atoms with Gasteiger partial charge >= 0.3 is 12.1 Å². The Bertz CT molecular complexity index is 462. The van der Waals surface area contributed by atoms with Crippen molar-refractivity contribution in [2.24, 2.45) is 0 Å². The summed E-state index contributed by atoms with van der Waals surface area (Å²) in [7, 11) is 0. The van der Waals surface area contributed by atoms with Gasteiger partial charge in [0.2, 0.25) is 0 Å². The van der Waals surface area contributed by atoms with Crippen molar-refractivity contribution in [3.05, 3.63) is 29.8 Å². The molecule has 6 heteroatoms. The predicted molar refractivity (Wildman–Crippen MR) is 72.3 cm³/mol. The normalized spacial score (nSPS) is 10.2. The minimum absolute atomic E-state index is 0.208. The molecule has 0 aliphatic rings. The number of halogens is 1. The Morgan fingerprint density at radius 1 is 1.32 bits per heavy atom. The molecule has 1 aromatic rings. The third-order valence-corrected chi connectivity index (χ3v) is 2.50. The summed E-state index contributed by atoms with van der Waals surface area (Å²) in [6.07, 6.45) is -0.763. The molecule has 0 saturated heterocycles. The van der Waals surface area contributed by atoms with E-state index in [1.54, 1.807) is 39.0 Å². The average Bonchev–Trinajstić information content (AvgIpc) is 2.38. The molecule has 0 radical (unpaired) electrons. The molecule has 0 unspecified atom stereocenters. The monoisotopic (exact) mass is 285 g/mol. The van der Waals surface area contributed by atoms with Crippen molar-refractivity contribution in [3.63, 3.8) is 0 Å². The van der Waals surface area contributed by atoms with E-state index in [0.29, 0.717) is 12.2 Å². The van der Waals surface area contributed by atoms with Crippen molar-refractivity contribution in [2.75, 3.05) is 11.4 Å². The van der Waals surface area contributed by atoms with Gasteiger partial charge in [0.1, 0.15) is 11.9 Å². The van der Waals surface area contributed by atoms with Gasteiger partial charge in [-0.15, -0.1) is 0 Å². The van der Waals surface area contributed by atoms with Gasteiger partial charge in [-0.2, -0.15) is 0 Å². The zero-order valence-corrected chi connectivity index (χ0v) is 11.8. The summed E-state index contributed by atoms with van der Waals surface area (Å²) in [4.78, 5) is 24.9. The molecule has 0 bridgehead atoms. The third kappa shape index (κ3) is 3.86. The van der Waals surface area contributed by atoms with Crippen LogP contribution in [0.2, 0.25) is 0 Å². The topological polar surface area (TPSA) is 55.8 Å². The maximum atomic E-state index is 12.0. The van der Waals surface area contributed by atoms with Gasteiger partial charge in [-0.1, -0.05) is 12.1 Å². The molecular formula is C13H16ClNO4. The van der Waals surface area contributed by atoms with Crippen LogP contribution in [0.1, 0.15) is 31.1 Å². The Labute approximate surface area is 117 Å². The van der Waals surface area contributed by atoms with Gasteiger partial charge in [0, 0.05) is 6.54 Å². The molecule has 0 spiro atoms. The summed E-state index contributed by atoms with van der Waals surface area (Å²) in [5.41, 5.74) is 0.612. The zero-order chi connectivity index (χ0) is 14.4. The highest BCUT2D eigenvalue weighted by Crippen LogP contribution is 2.22. The molecular weight excluding hydrogens is 270 g/mol. The molecule has 0 aliphatic carbocycles. The number of carbonyl (C=O) groups excluding carboxylic acids is 2. The summed E-state index contributed by atoms with van der Waals surface area (Å²) < 4.78 is 9.31. The highest BCUT2D eigenvalue weighted by molar-refractivity contribution is 6.17. The molecule has 0 saturated carbocycles. The third-order valence-electron chi connectivity index (χ3n) is 2.36. The second-order valence-corrected chi connectivity index (χ2v) is 4.21. The van der Waals surface area contributed by atoms with Crippen LogP contribution in [-0.4, -0.2) is 24.7 Å². The second-order valence-electron chi connectivity index (χ2n) is 4.06.